The van der Waals surface area contributed by atoms with Crippen molar-refractivity contribution in [3.8, 4) is 5.75 Å². The maximum absolute atomic E-state index is 11.8. The van der Waals surface area contributed by atoms with E-state index in [1.54, 1.807) is 12.1 Å². The second-order valence-corrected chi connectivity index (χ2v) is 3.80. The van der Waals surface area contributed by atoms with E-state index in [1.165, 1.54) is 30.5 Å². The maximum Gasteiger partial charge on any atom is 0.274 e. The number of benzene rings is 1. The van der Waals surface area contributed by atoms with Crippen LogP contribution in [0.5, 0.6) is 5.75 Å². The molecule has 2 rings (SSSR count). The fraction of sp³-hybridized carbons (Fsp3) is 0. The highest BCUT2D eigenvalue weighted by atomic mass is 16.3. The molecule has 0 aliphatic carbocycles. The summed E-state index contributed by atoms with van der Waals surface area (Å²) in [5, 5.41) is 11.7. The van der Waals surface area contributed by atoms with Gasteiger partial charge in [-0.05, 0) is 36.4 Å². The van der Waals surface area contributed by atoms with Gasteiger partial charge in [0.1, 0.15) is 11.4 Å². The van der Waals surface area contributed by atoms with Crippen LogP contribution in [0.1, 0.15) is 20.8 Å². The average molecular weight is 257 g/mol. The Hall–Kier alpha value is -2.89. The third-order valence-electron chi connectivity index (χ3n) is 2.41. The lowest BCUT2D eigenvalue weighted by Gasteiger charge is -2.05. The lowest BCUT2D eigenvalue weighted by Crippen LogP contribution is -2.15. The molecule has 0 aliphatic rings. The summed E-state index contributed by atoms with van der Waals surface area (Å²) >= 11 is 0. The van der Waals surface area contributed by atoms with Crippen LogP contribution in [0.2, 0.25) is 0 Å². The van der Waals surface area contributed by atoms with Crippen molar-refractivity contribution < 1.29 is 14.7 Å². The predicted molar refractivity (Wildman–Crippen MR) is 68.8 cm³/mol. The number of nitrogens with two attached hydrogens (primary N) is 1. The van der Waals surface area contributed by atoms with Crippen LogP contribution in [0, 0.1) is 0 Å². The molecule has 4 N–H and O–H groups in total. The minimum absolute atomic E-state index is 0.113. The lowest BCUT2D eigenvalue weighted by molar-refractivity contribution is 0.0993. The number of pyridine rings is 1. The quantitative estimate of drug-likeness (QED) is 0.717. The summed E-state index contributed by atoms with van der Waals surface area (Å²) in [6.45, 7) is 0. The van der Waals surface area contributed by atoms with Gasteiger partial charge in [0, 0.05) is 11.9 Å². The molecule has 2 amide bonds. The second-order valence-electron chi connectivity index (χ2n) is 3.80. The number of phenolic OH excluding ortho intramolecular Hbond substituents is 1. The Balaban J connectivity index is 2.11. The molecule has 6 heteroatoms. The summed E-state index contributed by atoms with van der Waals surface area (Å²) in [5.41, 5.74) is 6.01. The number of carbonyl (C=O) groups is 2. The number of hydrogen-bond donors (Lipinski definition) is 3. The van der Waals surface area contributed by atoms with Gasteiger partial charge in [-0.2, -0.15) is 0 Å². The summed E-state index contributed by atoms with van der Waals surface area (Å²) < 4.78 is 0. The number of nitrogens with one attached hydrogen (secondary N) is 1. The van der Waals surface area contributed by atoms with Crippen molar-refractivity contribution in [2.45, 2.75) is 0 Å². The zero-order chi connectivity index (χ0) is 13.8. The summed E-state index contributed by atoms with van der Waals surface area (Å²) in [6.07, 6.45) is 1.24. The molecule has 1 aromatic carbocycles. The maximum atomic E-state index is 11.8. The van der Waals surface area contributed by atoms with Gasteiger partial charge in [0.15, 0.2) is 0 Å². The van der Waals surface area contributed by atoms with Gasteiger partial charge in [-0.15, -0.1) is 0 Å². The Morgan fingerprint density at radius 3 is 2.32 bits per heavy atom. The molecule has 1 heterocycles. The SMILES string of the molecule is NC(=O)c1ccc(C(=O)Nc2ccc(O)cc2)nc1. The van der Waals surface area contributed by atoms with Crippen LogP contribution in [0.25, 0.3) is 0 Å². The molecule has 0 aliphatic heterocycles. The first-order chi connectivity index (χ1) is 9.06. The average Bonchev–Trinajstić information content (AvgIpc) is 2.41. The van der Waals surface area contributed by atoms with E-state index in [1.807, 2.05) is 0 Å². The van der Waals surface area contributed by atoms with E-state index in [0.717, 1.165) is 0 Å². The Kier molecular flexibility index (Phi) is 3.42. The normalized spacial score (nSPS) is 9.89. The Morgan fingerprint density at radius 1 is 1.11 bits per heavy atom. The van der Waals surface area contributed by atoms with Crippen LogP contribution < -0.4 is 11.1 Å². The summed E-state index contributed by atoms with van der Waals surface area (Å²) in [6, 6.07) is 8.88. The van der Waals surface area contributed by atoms with Crippen molar-refractivity contribution in [3.63, 3.8) is 0 Å². The number of nitrogens with zero attached hydrogens (tertiary/aromatic N) is 1. The number of carbonyl (C=O) groups excluding carboxylic acids is 2. The van der Waals surface area contributed by atoms with E-state index in [-0.39, 0.29) is 17.0 Å². The van der Waals surface area contributed by atoms with Crippen LogP contribution in [-0.2, 0) is 0 Å². The van der Waals surface area contributed by atoms with Crippen LogP contribution in [-0.4, -0.2) is 21.9 Å². The van der Waals surface area contributed by atoms with Crippen molar-refractivity contribution in [3.05, 3.63) is 53.9 Å². The van der Waals surface area contributed by atoms with Crippen molar-refractivity contribution in [1.29, 1.82) is 0 Å². The second kappa shape index (κ2) is 5.18. The van der Waals surface area contributed by atoms with Crippen LogP contribution in [0.3, 0.4) is 0 Å². The van der Waals surface area contributed by atoms with E-state index >= 15 is 0 Å². The van der Waals surface area contributed by atoms with Gasteiger partial charge >= 0.3 is 0 Å². The first-order valence-corrected chi connectivity index (χ1v) is 5.42. The number of aromatic nitrogens is 1. The van der Waals surface area contributed by atoms with E-state index in [4.69, 9.17) is 10.8 Å². The Labute approximate surface area is 108 Å². The van der Waals surface area contributed by atoms with E-state index in [9.17, 15) is 9.59 Å². The third-order valence-corrected chi connectivity index (χ3v) is 2.41. The molecular weight excluding hydrogens is 246 g/mol. The molecule has 0 spiro atoms. The number of primary amides is 1. The van der Waals surface area contributed by atoms with Gasteiger partial charge in [-0.3, -0.25) is 14.6 Å². The zero-order valence-corrected chi connectivity index (χ0v) is 9.83. The molecule has 0 saturated heterocycles. The van der Waals surface area contributed by atoms with Gasteiger partial charge in [-0.25, -0.2) is 0 Å². The number of aromatic hydroxyl groups is 1. The standard InChI is InChI=1S/C13H11N3O3/c14-12(18)8-1-6-11(15-7-8)13(19)16-9-2-4-10(17)5-3-9/h1-7,17H,(H2,14,18)(H,16,19). The molecule has 0 fully saturated rings. The molecule has 0 unspecified atom stereocenters. The fourth-order valence-electron chi connectivity index (χ4n) is 1.41. The molecule has 1 aromatic heterocycles. The van der Waals surface area contributed by atoms with Crippen molar-refractivity contribution in [2.75, 3.05) is 5.32 Å². The van der Waals surface area contributed by atoms with Gasteiger partial charge in [-0.1, -0.05) is 0 Å². The zero-order valence-electron chi connectivity index (χ0n) is 9.83. The first kappa shape index (κ1) is 12.6. The largest absolute Gasteiger partial charge is 0.508 e. The number of phenols is 1. The van der Waals surface area contributed by atoms with Gasteiger partial charge < -0.3 is 16.2 Å². The summed E-state index contributed by atoms with van der Waals surface area (Å²) in [4.78, 5) is 26.5. The number of amides is 2. The van der Waals surface area contributed by atoms with E-state index < -0.39 is 11.8 Å². The highest BCUT2D eigenvalue weighted by Crippen LogP contribution is 2.14. The van der Waals surface area contributed by atoms with Crippen LogP contribution >= 0.6 is 0 Å². The van der Waals surface area contributed by atoms with Crippen LogP contribution in [0.4, 0.5) is 5.69 Å². The molecule has 0 atom stereocenters. The summed E-state index contributed by atoms with van der Waals surface area (Å²) in [5.74, 6) is -0.901. The number of anilines is 1. The van der Waals surface area contributed by atoms with Gasteiger partial charge in [0.25, 0.3) is 5.91 Å². The molecule has 2 aromatic rings. The van der Waals surface area contributed by atoms with E-state index in [0.29, 0.717) is 5.69 Å². The van der Waals surface area contributed by atoms with Gasteiger partial charge in [0.05, 0.1) is 5.56 Å². The van der Waals surface area contributed by atoms with Gasteiger partial charge in [0.2, 0.25) is 5.91 Å². The van der Waals surface area contributed by atoms with Crippen molar-refractivity contribution in [2.24, 2.45) is 5.73 Å². The fourth-order valence-corrected chi connectivity index (χ4v) is 1.41. The topological polar surface area (TPSA) is 105 Å². The Bertz CT molecular complexity index is 606. The first-order valence-electron chi connectivity index (χ1n) is 5.42. The minimum atomic E-state index is -0.599. The lowest BCUT2D eigenvalue weighted by atomic mass is 10.2. The number of rotatable bonds is 3. The summed E-state index contributed by atoms with van der Waals surface area (Å²) in [7, 11) is 0. The molecule has 0 radical (unpaired) electrons. The molecule has 0 bridgehead atoms. The molecule has 96 valence electrons. The Morgan fingerprint density at radius 2 is 1.79 bits per heavy atom. The highest BCUT2D eigenvalue weighted by Gasteiger charge is 2.09. The molecule has 0 saturated carbocycles. The van der Waals surface area contributed by atoms with Crippen molar-refractivity contribution in [1.82, 2.24) is 4.98 Å². The monoisotopic (exact) mass is 257 g/mol. The minimum Gasteiger partial charge on any atom is -0.508 e. The highest BCUT2D eigenvalue weighted by molar-refractivity contribution is 6.03. The predicted octanol–water partition coefficient (Wildman–Crippen LogP) is 1.14. The smallest absolute Gasteiger partial charge is 0.274 e. The third kappa shape index (κ3) is 3.06. The molecule has 19 heavy (non-hydrogen) atoms. The number of hydrogen-bond acceptors (Lipinski definition) is 4. The van der Waals surface area contributed by atoms with Crippen molar-refractivity contribution >= 4 is 17.5 Å². The molecular formula is C13H11N3O3. The van der Waals surface area contributed by atoms with E-state index in [2.05, 4.69) is 10.3 Å². The van der Waals surface area contributed by atoms with Crippen LogP contribution in [0.15, 0.2) is 42.6 Å². The molecule has 6 nitrogen and oxygen atoms in total.